The van der Waals surface area contributed by atoms with Crippen molar-refractivity contribution in [1.82, 2.24) is 9.88 Å². The van der Waals surface area contributed by atoms with Gasteiger partial charge in [-0.25, -0.2) is 4.79 Å². The van der Waals surface area contributed by atoms with Crippen molar-refractivity contribution < 1.29 is 9.53 Å². The molecule has 0 saturated carbocycles. The minimum Gasteiger partial charge on any atom is -0.461 e. The number of aromatic nitrogens is 1. The maximum Gasteiger partial charge on any atom is 0.340 e. The molecule has 0 unspecified atom stereocenters. The Morgan fingerprint density at radius 1 is 1.50 bits per heavy atom. The van der Waals surface area contributed by atoms with Gasteiger partial charge in [0.25, 0.3) is 0 Å². The summed E-state index contributed by atoms with van der Waals surface area (Å²) in [7, 11) is 3.88. The van der Waals surface area contributed by atoms with E-state index in [0.717, 1.165) is 18.7 Å². The summed E-state index contributed by atoms with van der Waals surface area (Å²) in [6, 6.07) is 3.51. The van der Waals surface area contributed by atoms with Crippen LogP contribution in [-0.2, 0) is 11.2 Å². The monoisotopic (exact) mass is 222 g/mol. The fourth-order valence-corrected chi connectivity index (χ4v) is 1.30. The molecule has 0 fully saturated rings. The third-order valence-corrected chi connectivity index (χ3v) is 2.22. The van der Waals surface area contributed by atoms with Gasteiger partial charge in [0.15, 0.2) is 0 Å². The molecule has 1 aromatic heterocycles. The van der Waals surface area contributed by atoms with Crippen LogP contribution >= 0.6 is 0 Å². The molecule has 0 bridgehead atoms. The van der Waals surface area contributed by atoms with Gasteiger partial charge in [0.2, 0.25) is 0 Å². The van der Waals surface area contributed by atoms with Crippen molar-refractivity contribution in [3.05, 3.63) is 29.6 Å². The average Bonchev–Trinajstić information content (AvgIpc) is 2.28. The molecule has 88 valence electrons. The molecule has 1 rings (SSSR count). The Morgan fingerprint density at radius 2 is 2.25 bits per heavy atom. The van der Waals surface area contributed by atoms with Crippen LogP contribution in [0.2, 0.25) is 0 Å². The van der Waals surface area contributed by atoms with Crippen LogP contribution in [0.15, 0.2) is 18.3 Å². The Kier molecular flexibility index (Phi) is 4.92. The van der Waals surface area contributed by atoms with Gasteiger partial charge in [0, 0.05) is 12.7 Å². The lowest BCUT2D eigenvalue weighted by molar-refractivity contribution is 0.0480. The molecule has 1 aromatic rings. The van der Waals surface area contributed by atoms with Gasteiger partial charge in [-0.1, -0.05) is 6.92 Å². The highest BCUT2D eigenvalue weighted by atomic mass is 16.5. The second-order valence-electron chi connectivity index (χ2n) is 3.79. The summed E-state index contributed by atoms with van der Waals surface area (Å²) >= 11 is 0. The largest absolute Gasteiger partial charge is 0.461 e. The summed E-state index contributed by atoms with van der Waals surface area (Å²) in [5, 5.41) is 0. The first-order chi connectivity index (χ1) is 7.65. The average molecular weight is 222 g/mol. The third-order valence-electron chi connectivity index (χ3n) is 2.22. The maximum absolute atomic E-state index is 11.7. The molecule has 1 heterocycles. The van der Waals surface area contributed by atoms with Crippen molar-refractivity contribution in [2.24, 2.45) is 0 Å². The van der Waals surface area contributed by atoms with E-state index in [-0.39, 0.29) is 5.97 Å². The number of carbonyl (C=O) groups is 1. The molecule has 4 nitrogen and oxygen atoms in total. The number of esters is 1. The highest BCUT2D eigenvalue weighted by Crippen LogP contribution is 2.07. The first kappa shape index (κ1) is 12.6. The van der Waals surface area contributed by atoms with Gasteiger partial charge in [-0.2, -0.15) is 0 Å². The highest BCUT2D eigenvalue weighted by molar-refractivity contribution is 5.90. The number of likely N-dealkylation sites (N-methyl/N-ethyl adjacent to an activating group) is 1. The predicted molar refractivity (Wildman–Crippen MR) is 62.5 cm³/mol. The van der Waals surface area contributed by atoms with Crippen molar-refractivity contribution in [3.63, 3.8) is 0 Å². The summed E-state index contributed by atoms with van der Waals surface area (Å²) in [5.74, 6) is -0.285. The van der Waals surface area contributed by atoms with E-state index < -0.39 is 0 Å². The molecule has 0 spiro atoms. The van der Waals surface area contributed by atoms with Gasteiger partial charge in [0.05, 0.1) is 11.3 Å². The number of ether oxygens (including phenoxy) is 1. The third kappa shape index (κ3) is 3.62. The molecular formula is C12H18N2O2. The molecule has 0 saturated heterocycles. The van der Waals surface area contributed by atoms with Crippen molar-refractivity contribution in [1.29, 1.82) is 0 Å². The Bertz CT molecular complexity index is 351. The van der Waals surface area contributed by atoms with E-state index in [1.807, 2.05) is 25.9 Å². The quantitative estimate of drug-likeness (QED) is 0.705. The first-order valence-corrected chi connectivity index (χ1v) is 5.41. The Balaban J connectivity index is 2.59. The number of rotatable bonds is 5. The van der Waals surface area contributed by atoms with Gasteiger partial charge in [-0.15, -0.1) is 0 Å². The van der Waals surface area contributed by atoms with Crippen LogP contribution in [0, 0.1) is 0 Å². The molecule has 4 heteroatoms. The van der Waals surface area contributed by atoms with E-state index in [4.69, 9.17) is 4.74 Å². The van der Waals surface area contributed by atoms with Gasteiger partial charge in [0.1, 0.15) is 6.61 Å². The number of hydrogen-bond acceptors (Lipinski definition) is 4. The summed E-state index contributed by atoms with van der Waals surface area (Å²) in [4.78, 5) is 17.8. The molecular weight excluding hydrogens is 204 g/mol. The molecule has 0 amide bonds. The van der Waals surface area contributed by atoms with Crippen LogP contribution in [0.25, 0.3) is 0 Å². The number of carbonyl (C=O) groups excluding carboxylic acids is 1. The second kappa shape index (κ2) is 6.23. The fourth-order valence-electron chi connectivity index (χ4n) is 1.30. The van der Waals surface area contributed by atoms with Crippen molar-refractivity contribution in [2.75, 3.05) is 27.2 Å². The van der Waals surface area contributed by atoms with E-state index in [9.17, 15) is 4.79 Å². The smallest absolute Gasteiger partial charge is 0.340 e. The molecule has 0 radical (unpaired) electrons. The fraction of sp³-hybridized carbons (Fsp3) is 0.500. The Morgan fingerprint density at radius 3 is 2.88 bits per heavy atom. The van der Waals surface area contributed by atoms with E-state index in [2.05, 4.69) is 4.98 Å². The number of pyridine rings is 1. The predicted octanol–water partition coefficient (Wildman–Crippen LogP) is 1.36. The van der Waals surface area contributed by atoms with Crippen LogP contribution in [0.1, 0.15) is 23.0 Å². The van der Waals surface area contributed by atoms with Crippen LogP contribution < -0.4 is 0 Å². The van der Waals surface area contributed by atoms with Crippen molar-refractivity contribution >= 4 is 5.97 Å². The van der Waals surface area contributed by atoms with E-state index in [1.165, 1.54) is 0 Å². The van der Waals surface area contributed by atoms with Crippen molar-refractivity contribution in [2.45, 2.75) is 13.3 Å². The summed E-state index contributed by atoms with van der Waals surface area (Å²) in [6.07, 6.45) is 2.42. The Hall–Kier alpha value is -1.42. The van der Waals surface area contributed by atoms with Gasteiger partial charge in [-0.05, 0) is 32.6 Å². The molecule has 0 aromatic carbocycles. The standard InChI is InChI=1S/C12H18N2O2/c1-4-11-10(6-5-7-13-11)12(15)16-9-8-14(2)3/h5-7H,4,8-9H2,1-3H3. The topological polar surface area (TPSA) is 42.4 Å². The van der Waals surface area contributed by atoms with Crippen LogP contribution in [0.3, 0.4) is 0 Å². The lowest BCUT2D eigenvalue weighted by atomic mass is 10.1. The maximum atomic E-state index is 11.7. The van der Waals surface area contributed by atoms with E-state index in [0.29, 0.717) is 12.2 Å². The Labute approximate surface area is 96.2 Å². The molecule has 0 aliphatic heterocycles. The summed E-state index contributed by atoms with van der Waals surface area (Å²) in [6.45, 7) is 3.11. The summed E-state index contributed by atoms with van der Waals surface area (Å²) < 4.78 is 5.16. The lowest BCUT2D eigenvalue weighted by Gasteiger charge is -2.10. The zero-order valence-electron chi connectivity index (χ0n) is 10.1. The van der Waals surface area contributed by atoms with Gasteiger partial charge in [-0.3, -0.25) is 4.98 Å². The van der Waals surface area contributed by atoms with E-state index in [1.54, 1.807) is 18.3 Å². The van der Waals surface area contributed by atoms with Gasteiger partial charge >= 0.3 is 5.97 Å². The lowest BCUT2D eigenvalue weighted by Crippen LogP contribution is -2.20. The number of aryl methyl sites for hydroxylation is 1. The first-order valence-electron chi connectivity index (χ1n) is 5.41. The minimum atomic E-state index is -0.285. The molecule has 0 N–H and O–H groups in total. The summed E-state index contributed by atoms with van der Waals surface area (Å²) in [5.41, 5.74) is 1.36. The highest BCUT2D eigenvalue weighted by Gasteiger charge is 2.11. The molecule has 0 atom stereocenters. The normalized spacial score (nSPS) is 10.5. The second-order valence-corrected chi connectivity index (χ2v) is 3.79. The minimum absolute atomic E-state index is 0.285. The molecule has 0 aliphatic rings. The van der Waals surface area contributed by atoms with Crippen LogP contribution in [-0.4, -0.2) is 43.1 Å². The number of nitrogens with zero attached hydrogens (tertiary/aromatic N) is 2. The zero-order chi connectivity index (χ0) is 12.0. The van der Waals surface area contributed by atoms with Gasteiger partial charge < -0.3 is 9.64 Å². The zero-order valence-corrected chi connectivity index (χ0v) is 10.1. The molecule has 16 heavy (non-hydrogen) atoms. The van der Waals surface area contributed by atoms with Crippen LogP contribution in [0.4, 0.5) is 0 Å². The number of hydrogen-bond donors (Lipinski definition) is 0. The SMILES string of the molecule is CCc1ncccc1C(=O)OCCN(C)C. The van der Waals surface area contributed by atoms with E-state index >= 15 is 0 Å². The molecule has 0 aliphatic carbocycles. The van der Waals surface area contributed by atoms with Crippen LogP contribution in [0.5, 0.6) is 0 Å². The van der Waals surface area contributed by atoms with Crippen molar-refractivity contribution in [3.8, 4) is 0 Å².